The number of likely N-dealkylation sites (N-methyl/N-ethyl adjacent to an activating group) is 2. The van der Waals surface area contributed by atoms with Crippen molar-refractivity contribution >= 4 is 35.4 Å². The predicted octanol–water partition coefficient (Wildman–Crippen LogP) is 1.25. The Balaban J connectivity index is 3.04. The summed E-state index contributed by atoms with van der Waals surface area (Å²) < 4.78 is 0. The van der Waals surface area contributed by atoms with E-state index in [0.717, 1.165) is 19.3 Å². The molecule has 46 heavy (non-hydrogen) atoms. The summed E-state index contributed by atoms with van der Waals surface area (Å²) in [7, 11) is 3.03. The molecule has 6 amide bonds. The number of piperidine rings is 1. The highest BCUT2D eigenvalue weighted by Gasteiger charge is 2.35. The van der Waals surface area contributed by atoms with Crippen LogP contribution >= 0.6 is 0 Å². The molecule has 0 aromatic heterocycles. The molecule has 264 valence electrons. The maximum absolute atomic E-state index is 13.8. The number of primary amides is 1. The van der Waals surface area contributed by atoms with Gasteiger partial charge in [-0.1, -0.05) is 48.0 Å². The number of carbonyl (C=O) groups excluding carboxylic acids is 6. The van der Waals surface area contributed by atoms with Crippen LogP contribution in [-0.2, 0) is 28.8 Å². The monoisotopic (exact) mass is 651 g/mol. The molecule has 5 atom stereocenters. The lowest BCUT2D eigenvalue weighted by atomic mass is 9.95. The van der Waals surface area contributed by atoms with Crippen LogP contribution in [0.3, 0.4) is 0 Å². The predicted molar refractivity (Wildman–Crippen MR) is 178 cm³/mol. The third kappa shape index (κ3) is 13.6. The van der Waals surface area contributed by atoms with Crippen LogP contribution in [0.15, 0.2) is 0 Å². The highest BCUT2D eigenvalue weighted by molar-refractivity contribution is 5.95. The smallest absolute Gasteiger partial charge is 0.245 e. The van der Waals surface area contributed by atoms with Crippen LogP contribution in [0.4, 0.5) is 0 Å². The zero-order chi connectivity index (χ0) is 35.1. The van der Waals surface area contributed by atoms with Gasteiger partial charge in [0, 0.05) is 40.2 Å². The summed E-state index contributed by atoms with van der Waals surface area (Å²) in [5, 5.41) is 8.73. The number of nitrogens with two attached hydrogens (primary N) is 1. The topological polar surface area (TPSA) is 174 Å². The van der Waals surface area contributed by atoms with Crippen molar-refractivity contribution in [3.8, 4) is 0 Å². The molecule has 0 aliphatic carbocycles. The van der Waals surface area contributed by atoms with E-state index in [4.69, 9.17) is 5.73 Å². The molecule has 1 heterocycles. The molecule has 0 saturated carbocycles. The summed E-state index contributed by atoms with van der Waals surface area (Å²) in [4.78, 5) is 82.5. The zero-order valence-corrected chi connectivity index (χ0v) is 29.7. The van der Waals surface area contributed by atoms with Crippen LogP contribution in [0.2, 0.25) is 0 Å². The first-order valence-electron chi connectivity index (χ1n) is 16.9. The Labute approximate surface area is 276 Å². The first-order chi connectivity index (χ1) is 21.5. The van der Waals surface area contributed by atoms with Crippen molar-refractivity contribution in [2.24, 2.45) is 23.5 Å². The van der Waals surface area contributed by atoms with Crippen molar-refractivity contribution in [1.29, 1.82) is 0 Å². The van der Waals surface area contributed by atoms with Crippen molar-refractivity contribution in [2.45, 2.75) is 118 Å². The molecule has 13 heteroatoms. The van der Waals surface area contributed by atoms with Gasteiger partial charge in [-0.2, -0.15) is 0 Å². The standard InChI is InChI=1S/C33H61N7O6/c1-10-23(6)29(33(46)40-16-12-11-13-17-40)37-31(44)25(18-21(2)3)36-32(45)26(19-22(4)5)39(9)28(42)20-38(8)27(41)14-15-35-24(7)30(34)43/h21-26,29,35H,10-20H2,1-9H3,(H2,34,43)(H,36,45)(H,37,44)/t23-,24+,25-,26-,29-/m0/s1. The third-order valence-electron chi connectivity index (χ3n) is 8.66. The SMILES string of the molecule is CC[C@H](C)[C@H](NC(=O)[C@H](CC(C)C)NC(=O)[C@H](CC(C)C)N(C)C(=O)CN(C)C(=O)CCN[C@H](C)C(N)=O)C(=O)N1CCCCC1. The van der Waals surface area contributed by atoms with Gasteiger partial charge in [-0.3, -0.25) is 28.8 Å². The second-order valence-electron chi connectivity index (χ2n) is 13.7. The summed E-state index contributed by atoms with van der Waals surface area (Å²) >= 11 is 0. The van der Waals surface area contributed by atoms with Crippen LogP contribution in [-0.4, -0.2) is 115 Å². The number of amides is 6. The maximum atomic E-state index is 13.8. The minimum absolute atomic E-state index is 0.0537. The molecule has 0 spiro atoms. The fraction of sp³-hybridized carbons (Fsp3) is 0.818. The summed E-state index contributed by atoms with van der Waals surface area (Å²) in [6.45, 7) is 14.6. The second kappa shape index (κ2) is 20.1. The van der Waals surface area contributed by atoms with Gasteiger partial charge in [-0.05, 0) is 56.8 Å². The largest absolute Gasteiger partial charge is 0.368 e. The van der Waals surface area contributed by atoms with Crippen LogP contribution in [0.25, 0.3) is 0 Å². The molecule has 1 aliphatic rings. The van der Waals surface area contributed by atoms with Gasteiger partial charge in [0.1, 0.15) is 18.1 Å². The first-order valence-corrected chi connectivity index (χ1v) is 16.9. The van der Waals surface area contributed by atoms with E-state index in [2.05, 4.69) is 16.0 Å². The summed E-state index contributed by atoms with van der Waals surface area (Å²) in [6.07, 6.45) is 4.44. The van der Waals surface area contributed by atoms with Gasteiger partial charge in [0.25, 0.3) is 0 Å². The van der Waals surface area contributed by atoms with Gasteiger partial charge in [-0.25, -0.2) is 0 Å². The van der Waals surface area contributed by atoms with Gasteiger partial charge in [0.05, 0.1) is 12.6 Å². The van der Waals surface area contributed by atoms with E-state index in [1.165, 1.54) is 23.9 Å². The van der Waals surface area contributed by atoms with Crippen LogP contribution in [0.1, 0.15) is 93.4 Å². The summed E-state index contributed by atoms with van der Waals surface area (Å²) in [5.41, 5.74) is 5.23. The number of carbonyl (C=O) groups is 6. The number of likely N-dealkylation sites (tertiary alicyclic amines) is 1. The number of nitrogens with zero attached hydrogens (tertiary/aromatic N) is 3. The Hall–Kier alpha value is -3.22. The molecular formula is C33H61N7O6. The van der Waals surface area contributed by atoms with Gasteiger partial charge in [0.2, 0.25) is 35.4 Å². The van der Waals surface area contributed by atoms with E-state index in [1.54, 1.807) is 6.92 Å². The Morgan fingerprint density at radius 1 is 0.804 bits per heavy atom. The molecule has 13 nitrogen and oxygen atoms in total. The molecule has 0 aromatic rings. The van der Waals surface area contributed by atoms with Gasteiger partial charge < -0.3 is 36.4 Å². The fourth-order valence-corrected chi connectivity index (χ4v) is 5.37. The first kappa shape index (κ1) is 40.8. The molecule has 1 saturated heterocycles. The molecule has 1 fully saturated rings. The van der Waals surface area contributed by atoms with Crippen LogP contribution in [0, 0.1) is 17.8 Å². The zero-order valence-electron chi connectivity index (χ0n) is 29.7. The van der Waals surface area contributed by atoms with E-state index in [1.807, 2.05) is 46.4 Å². The molecule has 1 aliphatic heterocycles. The molecule has 1 rings (SSSR count). The lowest BCUT2D eigenvalue weighted by Gasteiger charge is -2.34. The number of hydrogen-bond donors (Lipinski definition) is 4. The van der Waals surface area contributed by atoms with Gasteiger partial charge in [0.15, 0.2) is 0 Å². The summed E-state index contributed by atoms with van der Waals surface area (Å²) in [6, 6.07) is -3.05. The van der Waals surface area contributed by atoms with Crippen molar-refractivity contribution in [3.05, 3.63) is 0 Å². The van der Waals surface area contributed by atoms with Crippen LogP contribution in [0.5, 0.6) is 0 Å². The number of hydrogen-bond acceptors (Lipinski definition) is 7. The van der Waals surface area contributed by atoms with Crippen molar-refractivity contribution < 1.29 is 28.8 Å². The van der Waals surface area contributed by atoms with Gasteiger partial charge >= 0.3 is 0 Å². The van der Waals surface area contributed by atoms with Gasteiger partial charge in [-0.15, -0.1) is 0 Å². The molecule has 5 N–H and O–H groups in total. The molecule has 0 radical (unpaired) electrons. The highest BCUT2D eigenvalue weighted by Crippen LogP contribution is 2.17. The Morgan fingerprint density at radius 3 is 1.91 bits per heavy atom. The quantitative estimate of drug-likeness (QED) is 0.163. The normalized spacial score (nSPS) is 16.6. The number of nitrogens with one attached hydrogen (secondary N) is 3. The second-order valence-corrected chi connectivity index (χ2v) is 13.7. The average Bonchev–Trinajstić information content (AvgIpc) is 3.00. The van der Waals surface area contributed by atoms with Crippen molar-refractivity contribution in [2.75, 3.05) is 40.3 Å². The van der Waals surface area contributed by atoms with E-state index in [9.17, 15) is 28.8 Å². The highest BCUT2D eigenvalue weighted by atomic mass is 16.2. The van der Waals surface area contributed by atoms with E-state index < -0.39 is 47.8 Å². The minimum atomic E-state index is -0.897. The molecule has 0 unspecified atom stereocenters. The fourth-order valence-electron chi connectivity index (χ4n) is 5.37. The molecular weight excluding hydrogens is 590 g/mol. The minimum Gasteiger partial charge on any atom is -0.368 e. The molecule has 0 aromatic carbocycles. The van der Waals surface area contributed by atoms with E-state index in [0.29, 0.717) is 32.4 Å². The van der Waals surface area contributed by atoms with E-state index in [-0.39, 0.29) is 49.1 Å². The van der Waals surface area contributed by atoms with Crippen LogP contribution < -0.4 is 21.7 Å². The lowest BCUT2D eigenvalue weighted by Crippen LogP contribution is -2.59. The average molecular weight is 652 g/mol. The number of rotatable bonds is 19. The van der Waals surface area contributed by atoms with E-state index >= 15 is 0 Å². The van der Waals surface area contributed by atoms with Crippen molar-refractivity contribution in [1.82, 2.24) is 30.7 Å². The summed E-state index contributed by atoms with van der Waals surface area (Å²) in [5.74, 6) is -2.20. The third-order valence-corrected chi connectivity index (χ3v) is 8.66. The maximum Gasteiger partial charge on any atom is 0.245 e. The molecule has 0 bridgehead atoms. The Bertz CT molecular complexity index is 1030. The Kier molecular flexibility index (Phi) is 17.8. The lowest BCUT2D eigenvalue weighted by molar-refractivity contribution is -0.144. The van der Waals surface area contributed by atoms with Crippen molar-refractivity contribution in [3.63, 3.8) is 0 Å². The Morgan fingerprint density at radius 2 is 1.39 bits per heavy atom.